The van der Waals surface area contributed by atoms with Gasteiger partial charge in [-0.2, -0.15) is 0 Å². The van der Waals surface area contributed by atoms with Gasteiger partial charge in [0, 0.05) is 12.0 Å². The minimum absolute atomic E-state index is 0.0618. The normalized spacial score (nSPS) is 13.5. The van der Waals surface area contributed by atoms with Crippen LogP contribution < -0.4 is 15.2 Å². The molecule has 3 nitrogen and oxygen atoms in total. The Hall–Kier alpha value is -2.00. The third kappa shape index (κ3) is 3.99. The van der Waals surface area contributed by atoms with Crippen LogP contribution in [0.3, 0.4) is 0 Å². The van der Waals surface area contributed by atoms with E-state index in [-0.39, 0.29) is 5.41 Å². The highest BCUT2D eigenvalue weighted by molar-refractivity contribution is 5.31. The van der Waals surface area contributed by atoms with Crippen LogP contribution in [0, 0.1) is 0 Å². The number of rotatable bonds is 7. The van der Waals surface area contributed by atoms with E-state index in [9.17, 15) is 0 Å². The number of methoxy groups -OCH3 is 1. The monoisotopic (exact) mass is 285 g/mol. The molecule has 112 valence electrons. The summed E-state index contributed by atoms with van der Waals surface area (Å²) in [6.07, 6.45) is 0.875. The summed E-state index contributed by atoms with van der Waals surface area (Å²) in [7, 11) is 1.66. The SMILES string of the molecule is COc1ccc(OCCC(C)(CN)c2ccccc2)cc1. The Morgan fingerprint density at radius 3 is 2.14 bits per heavy atom. The number of hydrogen-bond donors (Lipinski definition) is 1. The second-order valence-corrected chi connectivity index (χ2v) is 5.40. The zero-order chi connectivity index (χ0) is 15.1. The van der Waals surface area contributed by atoms with Gasteiger partial charge in [0.1, 0.15) is 11.5 Å². The molecule has 1 atom stereocenters. The van der Waals surface area contributed by atoms with Crippen molar-refractivity contribution in [1.82, 2.24) is 0 Å². The average Bonchev–Trinajstić information content (AvgIpc) is 2.56. The lowest BCUT2D eigenvalue weighted by molar-refractivity contribution is 0.266. The number of ether oxygens (including phenoxy) is 2. The lowest BCUT2D eigenvalue weighted by Crippen LogP contribution is -2.33. The molecule has 0 fully saturated rings. The van der Waals surface area contributed by atoms with E-state index in [1.807, 2.05) is 42.5 Å². The third-order valence-electron chi connectivity index (χ3n) is 3.90. The summed E-state index contributed by atoms with van der Waals surface area (Å²) in [6, 6.07) is 18.0. The molecule has 2 aromatic rings. The minimum Gasteiger partial charge on any atom is -0.497 e. The average molecular weight is 285 g/mol. The Morgan fingerprint density at radius 1 is 0.952 bits per heavy atom. The largest absolute Gasteiger partial charge is 0.497 e. The maximum absolute atomic E-state index is 5.98. The lowest BCUT2D eigenvalue weighted by Gasteiger charge is -2.28. The predicted octanol–water partition coefficient (Wildman–Crippen LogP) is 3.38. The number of nitrogens with two attached hydrogens (primary N) is 1. The molecule has 3 heteroatoms. The minimum atomic E-state index is -0.0618. The highest BCUT2D eigenvalue weighted by Crippen LogP contribution is 2.27. The van der Waals surface area contributed by atoms with Crippen LogP contribution in [-0.4, -0.2) is 20.3 Å². The second kappa shape index (κ2) is 7.14. The molecule has 21 heavy (non-hydrogen) atoms. The number of hydrogen-bond acceptors (Lipinski definition) is 3. The quantitative estimate of drug-likeness (QED) is 0.848. The Kier molecular flexibility index (Phi) is 5.23. The third-order valence-corrected chi connectivity index (χ3v) is 3.90. The van der Waals surface area contributed by atoms with Crippen molar-refractivity contribution in [1.29, 1.82) is 0 Å². The maximum atomic E-state index is 5.98. The Bertz CT molecular complexity index is 539. The van der Waals surface area contributed by atoms with Gasteiger partial charge < -0.3 is 15.2 Å². The Balaban J connectivity index is 1.94. The fourth-order valence-electron chi connectivity index (χ4n) is 2.27. The Labute approximate surface area is 126 Å². The van der Waals surface area contributed by atoms with Crippen LogP contribution in [0.1, 0.15) is 18.9 Å². The first-order valence-corrected chi connectivity index (χ1v) is 7.20. The first-order chi connectivity index (χ1) is 10.2. The molecule has 0 aliphatic carbocycles. The zero-order valence-corrected chi connectivity index (χ0v) is 12.7. The van der Waals surface area contributed by atoms with Crippen LogP contribution in [-0.2, 0) is 5.41 Å². The maximum Gasteiger partial charge on any atom is 0.119 e. The van der Waals surface area contributed by atoms with Gasteiger partial charge in [-0.05, 0) is 36.2 Å². The molecule has 0 radical (unpaired) electrons. The lowest BCUT2D eigenvalue weighted by atomic mass is 9.80. The van der Waals surface area contributed by atoms with E-state index in [1.165, 1.54) is 5.56 Å². The van der Waals surface area contributed by atoms with Crippen molar-refractivity contribution < 1.29 is 9.47 Å². The Morgan fingerprint density at radius 2 is 1.57 bits per heavy atom. The van der Waals surface area contributed by atoms with Crippen molar-refractivity contribution in [2.24, 2.45) is 5.73 Å². The molecule has 0 aliphatic rings. The molecule has 0 bridgehead atoms. The fourth-order valence-corrected chi connectivity index (χ4v) is 2.27. The van der Waals surface area contributed by atoms with Crippen LogP contribution in [0.15, 0.2) is 54.6 Å². The molecule has 0 spiro atoms. The van der Waals surface area contributed by atoms with Gasteiger partial charge in [-0.25, -0.2) is 0 Å². The summed E-state index contributed by atoms with van der Waals surface area (Å²) in [6.45, 7) is 3.41. The molecule has 2 aromatic carbocycles. The molecule has 1 unspecified atom stereocenters. The van der Waals surface area contributed by atoms with Gasteiger partial charge in [-0.1, -0.05) is 37.3 Å². The topological polar surface area (TPSA) is 44.5 Å². The molecule has 0 saturated carbocycles. The highest BCUT2D eigenvalue weighted by Gasteiger charge is 2.24. The summed E-state index contributed by atoms with van der Waals surface area (Å²) in [4.78, 5) is 0. The van der Waals surface area contributed by atoms with Crippen molar-refractivity contribution >= 4 is 0 Å². The van der Waals surface area contributed by atoms with E-state index in [4.69, 9.17) is 15.2 Å². The van der Waals surface area contributed by atoms with E-state index in [0.29, 0.717) is 13.2 Å². The van der Waals surface area contributed by atoms with E-state index < -0.39 is 0 Å². The van der Waals surface area contributed by atoms with Crippen LogP contribution in [0.5, 0.6) is 11.5 Å². The molecular weight excluding hydrogens is 262 g/mol. The second-order valence-electron chi connectivity index (χ2n) is 5.40. The molecule has 0 aliphatic heterocycles. The van der Waals surface area contributed by atoms with Crippen LogP contribution >= 0.6 is 0 Å². The van der Waals surface area contributed by atoms with Crippen LogP contribution in [0.2, 0.25) is 0 Å². The van der Waals surface area contributed by atoms with Gasteiger partial charge in [0.25, 0.3) is 0 Å². The molecule has 0 heterocycles. The molecule has 2 rings (SSSR count). The van der Waals surface area contributed by atoms with Gasteiger partial charge in [0.15, 0.2) is 0 Å². The summed E-state index contributed by atoms with van der Waals surface area (Å²) >= 11 is 0. The van der Waals surface area contributed by atoms with E-state index in [2.05, 4.69) is 19.1 Å². The highest BCUT2D eigenvalue weighted by atomic mass is 16.5. The zero-order valence-electron chi connectivity index (χ0n) is 12.7. The van der Waals surface area contributed by atoms with Gasteiger partial charge in [-0.15, -0.1) is 0 Å². The molecule has 2 N–H and O–H groups in total. The van der Waals surface area contributed by atoms with Crippen LogP contribution in [0.25, 0.3) is 0 Å². The van der Waals surface area contributed by atoms with Gasteiger partial charge in [0.2, 0.25) is 0 Å². The van der Waals surface area contributed by atoms with Gasteiger partial charge >= 0.3 is 0 Å². The smallest absolute Gasteiger partial charge is 0.119 e. The summed E-state index contributed by atoms with van der Waals surface area (Å²) in [5, 5.41) is 0. The molecule has 0 aromatic heterocycles. The molecule has 0 amide bonds. The summed E-state index contributed by atoms with van der Waals surface area (Å²) in [5.74, 6) is 1.68. The first-order valence-electron chi connectivity index (χ1n) is 7.20. The van der Waals surface area contributed by atoms with Crippen molar-refractivity contribution in [3.63, 3.8) is 0 Å². The van der Waals surface area contributed by atoms with E-state index >= 15 is 0 Å². The number of benzene rings is 2. The predicted molar refractivity (Wildman–Crippen MR) is 86.0 cm³/mol. The summed E-state index contributed by atoms with van der Waals surface area (Å²) < 4.78 is 10.9. The van der Waals surface area contributed by atoms with Crippen molar-refractivity contribution in [2.75, 3.05) is 20.3 Å². The molecule has 0 saturated heterocycles. The van der Waals surface area contributed by atoms with Crippen molar-refractivity contribution in [3.8, 4) is 11.5 Å². The standard InChI is InChI=1S/C18H23NO2/c1-18(14-19,15-6-4-3-5-7-15)12-13-21-17-10-8-16(20-2)9-11-17/h3-11H,12-14,19H2,1-2H3. The van der Waals surface area contributed by atoms with Crippen molar-refractivity contribution in [3.05, 3.63) is 60.2 Å². The van der Waals surface area contributed by atoms with Crippen LogP contribution in [0.4, 0.5) is 0 Å². The fraction of sp³-hybridized carbons (Fsp3) is 0.333. The first kappa shape index (κ1) is 15.4. The van der Waals surface area contributed by atoms with Gasteiger partial charge in [0.05, 0.1) is 13.7 Å². The van der Waals surface area contributed by atoms with E-state index in [1.54, 1.807) is 7.11 Å². The summed E-state index contributed by atoms with van der Waals surface area (Å²) in [5.41, 5.74) is 7.18. The van der Waals surface area contributed by atoms with Gasteiger partial charge in [-0.3, -0.25) is 0 Å². The van der Waals surface area contributed by atoms with E-state index in [0.717, 1.165) is 17.9 Å². The molecular formula is C18H23NO2. The van der Waals surface area contributed by atoms with Crippen molar-refractivity contribution in [2.45, 2.75) is 18.8 Å².